The Labute approximate surface area is 313 Å². The molecule has 5 heteroatoms. The van der Waals surface area contributed by atoms with Crippen LogP contribution in [0.3, 0.4) is 0 Å². The van der Waals surface area contributed by atoms with Gasteiger partial charge in [0.15, 0.2) is 0 Å². The van der Waals surface area contributed by atoms with Gasteiger partial charge in [-0.15, -0.1) is 0 Å². The predicted molar refractivity (Wildman–Crippen MR) is 226 cm³/mol. The Morgan fingerprint density at radius 3 is 2.11 bits per heavy atom. The van der Waals surface area contributed by atoms with Gasteiger partial charge in [-0.2, -0.15) is 0 Å². The zero-order valence-corrected chi connectivity index (χ0v) is 31.7. The summed E-state index contributed by atoms with van der Waals surface area (Å²) in [6.07, 6.45) is 0. The maximum atomic E-state index is 6.84. The highest BCUT2D eigenvalue weighted by Crippen LogP contribution is 2.55. The van der Waals surface area contributed by atoms with Crippen LogP contribution in [0, 0.1) is 6.92 Å². The molecule has 0 aliphatic carbocycles. The van der Waals surface area contributed by atoms with E-state index >= 15 is 0 Å². The second kappa shape index (κ2) is 10.6. The second-order valence-corrected chi connectivity index (χ2v) is 20.5. The third kappa shape index (κ3) is 4.06. The molecule has 4 aliphatic rings. The molecule has 4 aliphatic heterocycles. The number of para-hydroxylation sites is 4. The highest BCUT2D eigenvalue weighted by atomic mass is 28.3. The van der Waals surface area contributed by atoms with Gasteiger partial charge in [-0.1, -0.05) is 130 Å². The van der Waals surface area contributed by atoms with E-state index < -0.39 is 8.07 Å². The fourth-order valence-electron chi connectivity index (χ4n) is 9.94. The first kappa shape index (κ1) is 30.8. The van der Waals surface area contributed by atoms with E-state index in [1.54, 1.807) is 0 Å². The van der Waals surface area contributed by atoms with Crippen LogP contribution in [0.5, 0.6) is 11.5 Å². The number of anilines is 5. The molecule has 0 aromatic heterocycles. The van der Waals surface area contributed by atoms with Crippen molar-refractivity contribution in [1.29, 1.82) is 0 Å². The average molecular weight is 699 g/mol. The van der Waals surface area contributed by atoms with Crippen molar-refractivity contribution < 1.29 is 4.74 Å². The van der Waals surface area contributed by atoms with Crippen molar-refractivity contribution in [1.82, 2.24) is 0 Å². The number of ether oxygens (including phenoxy) is 1. The zero-order valence-electron chi connectivity index (χ0n) is 30.7. The lowest BCUT2D eigenvalue weighted by atomic mass is 9.43. The molecule has 4 heterocycles. The lowest BCUT2D eigenvalue weighted by molar-refractivity contribution is 0.418. The Balaban J connectivity index is 1.30. The molecule has 7 aromatic carbocycles. The summed E-state index contributed by atoms with van der Waals surface area (Å²) in [5.41, 5.74) is 17.5. The first-order chi connectivity index (χ1) is 25.7. The minimum absolute atomic E-state index is 0.0300. The minimum Gasteiger partial charge on any atom is -0.457 e. The Morgan fingerprint density at radius 1 is 0.566 bits per heavy atom. The summed E-state index contributed by atoms with van der Waals surface area (Å²) < 4.78 is 6.84. The van der Waals surface area contributed by atoms with E-state index in [0.717, 1.165) is 11.5 Å². The highest BCUT2D eigenvalue weighted by molar-refractivity contribution is 7.04. The van der Waals surface area contributed by atoms with Crippen molar-refractivity contribution in [3.8, 4) is 33.8 Å². The molecule has 0 fully saturated rings. The van der Waals surface area contributed by atoms with Crippen LogP contribution in [0.1, 0.15) is 30.5 Å². The standard InChI is InChI=1S/C48H39BN2OSi/c1-30-16-9-11-21-38(30)51-40-29-36-43(52-42-23-13-10-19-35(42)48(36,2)3)28-33(40)34-26-32(31-17-7-6-8-18-31)27-41-46(34)49(51)37-20-15-25-45-47(37)50(41)39-22-12-14-24-44(39)53(45,4)5/h6-29H,1-5H3. The zero-order chi connectivity index (χ0) is 35.8. The van der Waals surface area contributed by atoms with Gasteiger partial charge in [0.2, 0.25) is 0 Å². The number of fused-ring (bicyclic) bond motifs is 8. The van der Waals surface area contributed by atoms with Crippen molar-refractivity contribution in [2.24, 2.45) is 0 Å². The van der Waals surface area contributed by atoms with E-state index in [1.165, 1.54) is 88.7 Å². The third-order valence-electron chi connectivity index (χ3n) is 12.6. The Hall–Kier alpha value is -5.78. The predicted octanol–water partition coefficient (Wildman–Crippen LogP) is 9.94. The third-order valence-corrected chi connectivity index (χ3v) is 16.1. The van der Waals surface area contributed by atoms with Gasteiger partial charge in [-0.05, 0) is 92.9 Å². The van der Waals surface area contributed by atoms with Gasteiger partial charge in [0.1, 0.15) is 19.6 Å². The summed E-state index contributed by atoms with van der Waals surface area (Å²) >= 11 is 0. The Morgan fingerprint density at radius 2 is 1.28 bits per heavy atom. The molecule has 3 nitrogen and oxygen atoms in total. The summed E-state index contributed by atoms with van der Waals surface area (Å²) in [6.45, 7) is 12.0. The Bertz CT molecular complexity index is 2700. The van der Waals surface area contributed by atoms with Gasteiger partial charge in [-0.25, -0.2) is 0 Å². The maximum absolute atomic E-state index is 6.84. The molecule has 53 heavy (non-hydrogen) atoms. The fourth-order valence-corrected chi connectivity index (χ4v) is 12.9. The van der Waals surface area contributed by atoms with Crippen LogP contribution in [0.25, 0.3) is 22.3 Å². The van der Waals surface area contributed by atoms with E-state index in [4.69, 9.17) is 4.74 Å². The molecule has 11 rings (SSSR count). The molecular formula is C48H39BN2OSi. The average Bonchev–Trinajstić information content (AvgIpc) is 3.18. The van der Waals surface area contributed by atoms with Crippen molar-refractivity contribution in [3.63, 3.8) is 0 Å². The second-order valence-electron chi connectivity index (χ2n) is 16.2. The number of hydrogen-bond donors (Lipinski definition) is 0. The summed E-state index contributed by atoms with van der Waals surface area (Å²) in [5, 5.41) is 2.98. The van der Waals surface area contributed by atoms with Gasteiger partial charge in [0, 0.05) is 50.5 Å². The van der Waals surface area contributed by atoms with Crippen LogP contribution in [0.2, 0.25) is 13.1 Å². The largest absolute Gasteiger partial charge is 0.457 e. The first-order valence-corrected chi connectivity index (χ1v) is 21.8. The topological polar surface area (TPSA) is 15.7 Å². The van der Waals surface area contributed by atoms with E-state index in [1.807, 2.05) is 0 Å². The quantitative estimate of drug-likeness (QED) is 0.167. The van der Waals surface area contributed by atoms with Crippen LogP contribution < -0.4 is 35.7 Å². The van der Waals surface area contributed by atoms with E-state index in [9.17, 15) is 0 Å². The molecule has 0 atom stereocenters. The summed E-state index contributed by atoms with van der Waals surface area (Å²) in [7, 11) is -2.06. The summed E-state index contributed by atoms with van der Waals surface area (Å²) in [5.74, 6) is 1.87. The van der Waals surface area contributed by atoms with Gasteiger partial charge >= 0.3 is 6.85 Å². The maximum Gasteiger partial charge on any atom is 0.333 e. The van der Waals surface area contributed by atoms with Crippen LogP contribution in [-0.4, -0.2) is 14.9 Å². The highest BCUT2D eigenvalue weighted by Gasteiger charge is 2.50. The SMILES string of the molecule is Cc1ccccc1N1B2c3cccc4c3N(c3ccccc3[Si]4(C)C)c3cc(-c4ccccc4)cc(c32)-c2cc3c(cc21)C(C)(C)c1ccccc1O3. The van der Waals surface area contributed by atoms with Gasteiger partial charge in [0.05, 0.1) is 0 Å². The smallest absolute Gasteiger partial charge is 0.333 e. The molecule has 7 aromatic rings. The number of rotatable bonds is 2. The molecular weight excluding hydrogens is 659 g/mol. The fraction of sp³-hybridized carbons (Fsp3) is 0.125. The first-order valence-electron chi connectivity index (χ1n) is 18.8. The molecule has 0 amide bonds. The lowest BCUT2D eigenvalue weighted by Gasteiger charge is -2.50. The normalized spacial score (nSPS) is 16.0. The Kier molecular flexibility index (Phi) is 6.19. The van der Waals surface area contributed by atoms with Crippen LogP contribution >= 0.6 is 0 Å². The van der Waals surface area contributed by atoms with E-state index in [-0.39, 0.29) is 12.3 Å². The van der Waals surface area contributed by atoms with Crippen molar-refractivity contribution >= 4 is 64.7 Å². The minimum atomic E-state index is -2.06. The molecule has 0 saturated heterocycles. The monoisotopic (exact) mass is 698 g/mol. The van der Waals surface area contributed by atoms with E-state index in [2.05, 4.69) is 189 Å². The summed E-state index contributed by atoms with van der Waals surface area (Å²) in [4.78, 5) is 5.28. The van der Waals surface area contributed by atoms with E-state index in [0.29, 0.717) is 0 Å². The molecule has 0 spiro atoms. The van der Waals surface area contributed by atoms with Gasteiger partial charge in [-0.3, -0.25) is 0 Å². The van der Waals surface area contributed by atoms with Crippen molar-refractivity contribution in [2.75, 3.05) is 9.71 Å². The van der Waals surface area contributed by atoms with Gasteiger partial charge < -0.3 is 14.4 Å². The number of hydrogen-bond acceptors (Lipinski definition) is 3. The van der Waals surface area contributed by atoms with Gasteiger partial charge in [0.25, 0.3) is 0 Å². The molecule has 0 saturated carbocycles. The molecule has 0 bridgehead atoms. The van der Waals surface area contributed by atoms with Crippen LogP contribution in [0.15, 0.2) is 146 Å². The molecule has 0 radical (unpaired) electrons. The molecule has 0 unspecified atom stereocenters. The van der Waals surface area contributed by atoms with Crippen molar-refractivity contribution in [2.45, 2.75) is 39.3 Å². The number of aryl methyl sites for hydroxylation is 1. The molecule has 254 valence electrons. The van der Waals surface area contributed by atoms with Crippen LogP contribution in [-0.2, 0) is 5.41 Å². The lowest BCUT2D eigenvalue weighted by Crippen LogP contribution is -2.67. The summed E-state index contributed by atoms with van der Waals surface area (Å²) in [6, 6.07) is 54.4. The molecule has 0 N–H and O–H groups in total. The van der Waals surface area contributed by atoms with Crippen molar-refractivity contribution in [3.05, 3.63) is 162 Å². The number of benzene rings is 7. The number of nitrogens with zero attached hydrogens (tertiary/aromatic N) is 2. The van der Waals surface area contributed by atoms with Crippen LogP contribution in [0.4, 0.5) is 28.4 Å².